The topological polar surface area (TPSA) is 85.8 Å². The van der Waals surface area contributed by atoms with Crippen LogP contribution in [0, 0.1) is 0 Å². The second-order valence-electron chi connectivity index (χ2n) is 5.31. The van der Waals surface area contributed by atoms with Crippen LogP contribution in [0.15, 0.2) is 47.2 Å². The van der Waals surface area contributed by atoms with Gasteiger partial charge >= 0.3 is 0 Å². The van der Waals surface area contributed by atoms with E-state index in [1.54, 1.807) is 17.9 Å². The molecule has 0 aliphatic heterocycles. The van der Waals surface area contributed by atoms with Gasteiger partial charge in [-0.05, 0) is 12.5 Å². The van der Waals surface area contributed by atoms with Crippen LogP contribution in [-0.4, -0.2) is 25.8 Å². The maximum atomic E-state index is 12.1. The SMILES string of the molecule is CC(NC(=O)c1cnn(C)c1)c1noc(Cc2ccccc2)n1. The summed E-state index contributed by atoms with van der Waals surface area (Å²) in [6.07, 6.45) is 3.73. The number of carbonyl (C=O) groups excluding carboxylic acids is 1. The number of carbonyl (C=O) groups is 1. The predicted molar refractivity (Wildman–Crippen MR) is 82.6 cm³/mol. The Morgan fingerprint density at radius 2 is 2.13 bits per heavy atom. The summed E-state index contributed by atoms with van der Waals surface area (Å²) in [5.41, 5.74) is 1.59. The molecule has 1 unspecified atom stereocenters. The van der Waals surface area contributed by atoms with E-state index < -0.39 is 0 Å². The van der Waals surface area contributed by atoms with Crippen LogP contribution in [0.4, 0.5) is 0 Å². The van der Waals surface area contributed by atoms with Crippen molar-refractivity contribution < 1.29 is 9.32 Å². The summed E-state index contributed by atoms with van der Waals surface area (Å²) in [6.45, 7) is 1.81. The molecule has 3 aromatic rings. The van der Waals surface area contributed by atoms with Gasteiger partial charge in [0.2, 0.25) is 5.89 Å². The minimum atomic E-state index is -0.351. The van der Waals surface area contributed by atoms with Crippen molar-refractivity contribution in [2.75, 3.05) is 0 Å². The highest BCUT2D eigenvalue weighted by atomic mass is 16.5. The van der Waals surface area contributed by atoms with E-state index in [0.29, 0.717) is 23.7 Å². The lowest BCUT2D eigenvalue weighted by Gasteiger charge is -2.08. The molecule has 0 saturated carbocycles. The van der Waals surface area contributed by atoms with E-state index in [0.717, 1.165) is 5.56 Å². The number of aromatic nitrogens is 4. The van der Waals surface area contributed by atoms with Gasteiger partial charge in [0.25, 0.3) is 5.91 Å². The predicted octanol–water partition coefficient (Wildman–Crippen LogP) is 1.88. The molecular weight excluding hydrogens is 294 g/mol. The quantitative estimate of drug-likeness (QED) is 0.777. The maximum absolute atomic E-state index is 12.1. The number of amides is 1. The van der Waals surface area contributed by atoms with Gasteiger partial charge < -0.3 is 9.84 Å². The molecule has 2 heterocycles. The van der Waals surface area contributed by atoms with Crippen LogP contribution in [-0.2, 0) is 13.5 Å². The molecule has 118 valence electrons. The molecule has 0 saturated heterocycles. The zero-order chi connectivity index (χ0) is 16.2. The first-order valence-corrected chi connectivity index (χ1v) is 7.28. The Balaban J connectivity index is 1.64. The zero-order valence-corrected chi connectivity index (χ0v) is 12.9. The molecule has 1 N–H and O–H groups in total. The molecule has 0 spiro atoms. The summed E-state index contributed by atoms with van der Waals surface area (Å²) in [5.74, 6) is 0.752. The highest BCUT2D eigenvalue weighted by Crippen LogP contribution is 2.12. The fourth-order valence-electron chi connectivity index (χ4n) is 2.17. The molecule has 0 fully saturated rings. The molecule has 1 aromatic carbocycles. The second-order valence-corrected chi connectivity index (χ2v) is 5.31. The summed E-state index contributed by atoms with van der Waals surface area (Å²) in [5, 5.41) is 10.7. The van der Waals surface area contributed by atoms with E-state index >= 15 is 0 Å². The number of rotatable bonds is 5. The standard InChI is InChI=1S/C16H17N5O2/c1-11(18-16(22)13-9-17-21(2)10-13)15-19-14(23-20-15)8-12-6-4-3-5-7-12/h3-7,9-11H,8H2,1-2H3,(H,18,22). The fourth-order valence-corrected chi connectivity index (χ4v) is 2.17. The first-order valence-electron chi connectivity index (χ1n) is 7.28. The number of benzene rings is 1. The van der Waals surface area contributed by atoms with Gasteiger partial charge in [-0.2, -0.15) is 10.1 Å². The maximum Gasteiger partial charge on any atom is 0.255 e. The minimum Gasteiger partial charge on any atom is -0.342 e. The number of nitrogens with zero attached hydrogens (tertiary/aromatic N) is 4. The van der Waals surface area contributed by atoms with E-state index in [-0.39, 0.29) is 11.9 Å². The molecule has 0 aliphatic carbocycles. The molecule has 1 amide bonds. The first kappa shape index (κ1) is 15.0. The molecule has 2 aromatic heterocycles. The monoisotopic (exact) mass is 311 g/mol. The Kier molecular flexibility index (Phi) is 4.18. The van der Waals surface area contributed by atoms with Gasteiger partial charge in [0.15, 0.2) is 5.82 Å². The Labute approximate surface area is 133 Å². The fraction of sp³-hybridized carbons (Fsp3) is 0.250. The smallest absolute Gasteiger partial charge is 0.255 e. The first-order chi connectivity index (χ1) is 11.1. The molecule has 1 atom stereocenters. The molecular formula is C16H17N5O2. The van der Waals surface area contributed by atoms with Gasteiger partial charge in [-0.1, -0.05) is 35.5 Å². The highest BCUT2D eigenvalue weighted by molar-refractivity contribution is 5.93. The van der Waals surface area contributed by atoms with Crippen molar-refractivity contribution in [3.63, 3.8) is 0 Å². The number of hydrogen-bond donors (Lipinski definition) is 1. The number of aryl methyl sites for hydroxylation is 1. The summed E-state index contributed by atoms with van der Waals surface area (Å²) >= 11 is 0. The summed E-state index contributed by atoms with van der Waals surface area (Å²) in [4.78, 5) is 16.4. The lowest BCUT2D eigenvalue weighted by atomic mass is 10.1. The molecule has 0 aliphatic rings. The van der Waals surface area contributed by atoms with Crippen molar-refractivity contribution in [2.45, 2.75) is 19.4 Å². The van der Waals surface area contributed by atoms with Crippen molar-refractivity contribution >= 4 is 5.91 Å². The van der Waals surface area contributed by atoms with E-state index in [4.69, 9.17) is 4.52 Å². The third-order valence-electron chi connectivity index (χ3n) is 3.38. The summed E-state index contributed by atoms with van der Waals surface area (Å²) in [6, 6.07) is 9.52. The van der Waals surface area contributed by atoms with Crippen molar-refractivity contribution in [2.24, 2.45) is 7.05 Å². The highest BCUT2D eigenvalue weighted by Gasteiger charge is 2.17. The van der Waals surface area contributed by atoms with Crippen LogP contribution in [0.3, 0.4) is 0 Å². The van der Waals surface area contributed by atoms with Crippen LogP contribution in [0.25, 0.3) is 0 Å². The number of nitrogens with one attached hydrogen (secondary N) is 1. The van der Waals surface area contributed by atoms with Crippen LogP contribution in [0.2, 0.25) is 0 Å². The Morgan fingerprint density at radius 3 is 2.83 bits per heavy atom. The Hall–Kier alpha value is -2.96. The van der Waals surface area contributed by atoms with E-state index in [2.05, 4.69) is 20.6 Å². The summed E-state index contributed by atoms with van der Waals surface area (Å²) in [7, 11) is 1.76. The molecule has 3 rings (SSSR count). The van der Waals surface area contributed by atoms with Gasteiger partial charge in [0.05, 0.1) is 24.2 Å². The molecule has 7 nitrogen and oxygen atoms in total. The van der Waals surface area contributed by atoms with Crippen molar-refractivity contribution in [3.05, 3.63) is 65.6 Å². The van der Waals surface area contributed by atoms with Crippen molar-refractivity contribution in [1.82, 2.24) is 25.2 Å². The number of hydrogen-bond acceptors (Lipinski definition) is 5. The second kappa shape index (κ2) is 6.43. The van der Waals surface area contributed by atoms with E-state index in [1.807, 2.05) is 37.3 Å². The van der Waals surface area contributed by atoms with Gasteiger partial charge in [-0.15, -0.1) is 0 Å². The average Bonchev–Trinajstić information content (AvgIpc) is 3.17. The molecule has 23 heavy (non-hydrogen) atoms. The third kappa shape index (κ3) is 3.63. The molecule has 0 bridgehead atoms. The summed E-state index contributed by atoms with van der Waals surface area (Å²) < 4.78 is 6.83. The lowest BCUT2D eigenvalue weighted by molar-refractivity contribution is 0.0938. The minimum absolute atomic E-state index is 0.222. The van der Waals surface area contributed by atoms with E-state index in [9.17, 15) is 4.79 Å². The average molecular weight is 311 g/mol. The lowest BCUT2D eigenvalue weighted by Crippen LogP contribution is -2.27. The van der Waals surface area contributed by atoms with Crippen LogP contribution in [0.5, 0.6) is 0 Å². The molecule has 0 radical (unpaired) electrons. The van der Waals surface area contributed by atoms with Gasteiger partial charge in [0, 0.05) is 13.2 Å². The van der Waals surface area contributed by atoms with E-state index in [1.165, 1.54) is 6.20 Å². The molecule has 7 heteroatoms. The Morgan fingerprint density at radius 1 is 1.35 bits per heavy atom. The van der Waals surface area contributed by atoms with Gasteiger partial charge in [-0.25, -0.2) is 0 Å². The Bertz CT molecular complexity index is 794. The van der Waals surface area contributed by atoms with Crippen molar-refractivity contribution in [1.29, 1.82) is 0 Å². The van der Waals surface area contributed by atoms with Gasteiger partial charge in [-0.3, -0.25) is 9.48 Å². The largest absolute Gasteiger partial charge is 0.342 e. The van der Waals surface area contributed by atoms with Crippen molar-refractivity contribution in [3.8, 4) is 0 Å². The third-order valence-corrected chi connectivity index (χ3v) is 3.38. The van der Waals surface area contributed by atoms with Gasteiger partial charge in [0.1, 0.15) is 0 Å². The van der Waals surface area contributed by atoms with Crippen LogP contribution < -0.4 is 5.32 Å². The normalized spacial score (nSPS) is 12.1. The zero-order valence-electron chi connectivity index (χ0n) is 12.9. The van der Waals surface area contributed by atoms with Crippen LogP contribution >= 0.6 is 0 Å². The van der Waals surface area contributed by atoms with Crippen LogP contribution in [0.1, 0.15) is 40.6 Å².